The van der Waals surface area contributed by atoms with E-state index in [1.165, 1.54) is 24.3 Å². The lowest BCUT2D eigenvalue weighted by molar-refractivity contribution is -0.128. The first kappa shape index (κ1) is 22.7. The van der Waals surface area contributed by atoms with Gasteiger partial charge in [-0.05, 0) is 42.8 Å². The number of hydrogen-bond acceptors (Lipinski definition) is 5. The second-order valence-corrected chi connectivity index (χ2v) is 8.24. The van der Waals surface area contributed by atoms with Crippen LogP contribution in [0.25, 0.3) is 0 Å². The zero-order valence-electron chi connectivity index (χ0n) is 17.3. The molecule has 1 atom stereocenters. The summed E-state index contributed by atoms with van der Waals surface area (Å²) in [5.74, 6) is 0.222. The summed E-state index contributed by atoms with van der Waals surface area (Å²) >= 11 is 3.43. The number of alkyl halides is 2. The maximum atomic E-state index is 12.5. The minimum absolute atomic E-state index is 0.00284. The van der Waals surface area contributed by atoms with E-state index in [4.69, 9.17) is 5.10 Å². The quantitative estimate of drug-likeness (QED) is 0.282. The third kappa shape index (κ3) is 5.28. The first-order valence-electron chi connectivity index (χ1n) is 10.1. The Hall–Kier alpha value is -3.52. The molecule has 2 aromatic rings. The van der Waals surface area contributed by atoms with Crippen LogP contribution in [0.15, 0.2) is 63.1 Å². The van der Waals surface area contributed by atoms with Gasteiger partial charge in [0.2, 0.25) is 11.9 Å². The van der Waals surface area contributed by atoms with E-state index < -0.39 is 6.61 Å². The summed E-state index contributed by atoms with van der Waals surface area (Å²) in [5.41, 5.74) is 1.97. The van der Waals surface area contributed by atoms with Gasteiger partial charge in [0.15, 0.2) is 6.19 Å². The van der Waals surface area contributed by atoms with Gasteiger partial charge in [-0.1, -0.05) is 28.1 Å². The highest BCUT2D eigenvalue weighted by Crippen LogP contribution is 2.26. The van der Waals surface area contributed by atoms with Crippen LogP contribution in [0.5, 0.6) is 5.75 Å². The van der Waals surface area contributed by atoms with Gasteiger partial charge in [-0.15, -0.1) is 0 Å². The molecular formula is C22H19BrF2N6O2. The zero-order valence-corrected chi connectivity index (χ0v) is 18.9. The van der Waals surface area contributed by atoms with Crippen LogP contribution < -0.4 is 10.1 Å². The Kier molecular flexibility index (Phi) is 6.84. The predicted octanol–water partition coefficient (Wildman–Crippen LogP) is 3.82. The Bertz CT molecular complexity index is 1120. The molecule has 2 heterocycles. The van der Waals surface area contributed by atoms with Crippen molar-refractivity contribution < 1.29 is 18.3 Å². The number of benzene rings is 2. The highest BCUT2D eigenvalue weighted by atomic mass is 79.9. The summed E-state index contributed by atoms with van der Waals surface area (Å²) in [5, 5.41) is 18.0. The van der Waals surface area contributed by atoms with Crippen LogP contribution in [0.1, 0.15) is 18.4 Å². The molecule has 4 rings (SSSR count). The van der Waals surface area contributed by atoms with E-state index in [1.807, 2.05) is 30.5 Å². The molecule has 2 aliphatic rings. The number of nitriles is 1. The standard InChI is InChI=1S/C22H19BrF2N6O2/c23-15-5-3-14(4-6-15)20-18(30-11-1-2-19(30)32)12-31(29-20)22(27-13-26)28-16-7-9-17(10-8-16)33-21(24)25/h3-10,18,21H,1-2,11-12H2,(H,27,28). The van der Waals surface area contributed by atoms with Gasteiger partial charge in [0.05, 0.1) is 24.0 Å². The van der Waals surface area contributed by atoms with E-state index in [-0.39, 0.29) is 23.7 Å². The molecule has 0 radical (unpaired) electrons. The monoisotopic (exact) mass is 516 g/mol. The molecule has 11 heteroatoms. The highest BCUT2D eigenvalue weighted by Gasteiger charge is 2.38. The Morgan fingerprint density at radius 3 is 2.58 bits per heavy atom. The molecular weight excluding hydrogens is 498 g/mol. The number of likely N-dealkylation sites (tertiary alicyclic amines) is 1. The van der Waals surface area contributed by atoms with Crippen molar-refractivity contribution in [2.45, 2.75) is 25.5 Å². The lowest BCUT2D eigenvalue weighted by Gasteiger charge is -2.25. The summed E-state index contributed by atoms with van der Waals surface area (Å²) < 4.78 is 30.0. The van der Waals surface area contributed by atoms with Crippen LogP contribution in [0.4, 0.5) is 14.5 Å². The number of hydrogen-bond donors (Lipinski definition) is 1. The number of halogens is 3. The molecule has 2 aliphatic heterocycles. The normalized spacial score (nSPS) is 18.5. The molecule has 0 spiro atoms. The summed E-state index contributed by atoms with van der Waals surface area (Å²) in [6.07, 6.45) is 3.14. The first-order valence-corrected chi connectivity index (χ1v) is 10.9. The predicted molar refractivity (Wildman–Crippen MR) is 121 cm³/mol. The van der Waals surface area contributed by atoms with E-state index >= 15 is 0 Å². The molecule has 0 aliphatic carbocycles. The van der Waals surface area contributed by atoms with Crippen LogP contribution in [0.2, 0.25) is 0 Å². The van der Waals surface area contributed by atoms with Crippen LogP contribution in [-0.4, -0.2) is 53.2 Å². The number of guanidine groups is 1. The van der Waals surface area contributed by atoms with Gasteiger partial charge in [0.25, 0.3) is 0 Å². The third-order valence-electron chi connectivity index (χ3n) is 5.23. The van der Waals surface area contributed by atoms with Crippen LogP contribution >= 0.6 is 15.9 Å². The van der Waals surface area contributed by atoms with E-state index in [1.54, 1.807) is 9.91 Å². The van der Waals surface area contributed by atoms with Gasteiger partial charge in [-0.2, -0.15) is 19.1 Å². The highest BCUT2D eigenvalue weighted by molar-refractivity contribution is 9.10. The van der Waals surface area contributed by atoms with Crippen LogP contribution in [0.3, 0.4) is 0 Å². The average Bonchev–Trinajstić information content (AvgIpc) is 3.41. The Morgan fingerprint density at radius 2 is 1.97 bits per heavy atom. The number of hydrazone groups is 1. The van der Waals surface area contributed by atoms with Gasteiger partial charge in [0.1, 0.15) is 5.75 Å². The zero-order chi connectivity index (χ0) is 23.4. The Morgan fingerprint density at radius 1 is 1.24 bits per heavy atom. The van der Waals surface area contributed by atoms with Crippen molar-refractivity contribution in [3.8, 4) is 11.9 Å². The maximum Gasteiger partial charge on any atom is 0.387 e. The Balaban J connectivity index is 1.65. The fraction of sp³-hybridized carbons (Fsp3) is 0.273. The van der Waals surface area contributed by atoms with Crippen molar-refractivity contribution in [3.63, 3.8) is 0 Å². The summed E-state index contributed by atoms with van der Waals surface area (Å²) in [4.78, 5) is 18.7. The number of ether oxygens (including phenoxy) is 1. The first-order chi connectivity index (χ1) is 15.9. The molecule has 1 unspecified atom stereocenters. The number of aliphatic imine (C=N–C) groups is 1. The molecule has 170 valence electrons. The van der Waals surface area contributed by atoms with Crippen molar-refractivity contribution in [3.05, 3.63) is 58.6 Å². The van der Waals surface area contributed by atoms with E-state index in [2.05, 4.69) is 31.0 Å². The average molecular weight is 517 g/mol. The molecule has 1 amide bonds. The van der Waals surface area contributed by atoms with E-state index in [0.29, 0.717) is 30.9 Å². The number of amides is 1. The molecule has 0 saturated carbocycles. The SMILES string of the molecule is N#CNC(=Nc1ccc(OC(F)F)cc1)N1CC(N2CCCC2=O)C(c2ccc(Br)cc2)=N1. The molecule has 1 fully saturated rings. The van der Waals surface area contributed by atoms with Crippen molar-refractivity contribution in [2.75, 3.05) is 13.1 Å². The van der Waals surface area contributed by atoms with Gasteiger partial charge in [-0.25, -0.2) is 10.0 Å². The van der Waals surface area contributed by atoms with Crippen molar-refractivity contribution in [1.82, 2.24) is 15.2 Å². The van der Waals surface area contributed by atoms with Gasteiger partial charge >= 0.3 is 6.61 Å². The van der Waals surface area contributed by atoms with E-state index in [0.717, 1.165) is 16.5 Å². The lowest BCUT2D eigenvalue weighted by Crippen LogP contribution is -2.45. The van der Waals surface area contributed by atoms with E-state index in [9.17, 15) is 18.8 Å². The number of carbonyl (C=O) groups is 1. The number of carbonyl (C=O) groups excluding carboxylic acids is 1. The summed E-state index contributed by atoms with van der Waals surface area (Å²) in [7, 11) is 0. The number of nitrogens with one attached hydrogen (secondary N) is 1. The number of nitrogens with zero attached hydrogens (tertiary/aromatic N) is 5. The number of rotatable bonds is 5. The van der Waals surface area contributed by atoms with Gasteiger partial charge in [-0.3, -0.25) is 10.1 Å². The Labute approximate surface area is 197 Å². The molecule has 1 N–H and O–H groups in total. The molecule has 0 bridgehead atoms. The minimum atomic E-state index is -2.92. The largest absolute Gasteiger partial charge is 0.435 e. The third-order valence-corrected chi connectivity index (χ3v) is 5.75. The fourth-order valence-corrected chi connectivity index (χ4v) is 4.03. The van der Waals surface area contributed by atoms with Crippen molar-refractivity contribution in [1.29, 1.82) is 5.26 Å². The van der Waals surface area contributed by atoms with Crippen molar-refractivity contribution in [2.24, 2.45) is 10.1 Å². The second-order valence-electron chi connectivity index (χ2n) is 7.33. The minimum Gasteiger partial charge on any atom is -0.435 e. The molecule has 1 saturated heterocycles. The topological polar surface area (TPSA) is 93.3 Å². The van der Waals surface area contributed by atoms with Crippen LogP contribution in [0, 0.1) is 11.5 Å². The summed E-state index contributed by atoms with van der Waals surface area (Å²) in [6, 6.07) is 13.0. The van der Waals surface area contributed by atoms with Crippen LogP contribution in [-0.2, 0) is 4.79 Å². The summed E-state index contributed by atoms with van der Waals surface area (Å²) in [6.45, 7) is -1.97. The molecule has 0 aromatic heterocycles. The van der Waals surface area contributed by atoms with Gasteiger partial charge in [0, 0.05) is 23.0 Å². The molecule has 33 heavy (non-hydrogen) atoms. The smallest absolute Gasteiger partial charge is 0.387 e. The molecule has 2 aromatic carbocycles. The lowest BCUT2D eigenvalue weighted by atomic mass is 10.0. The second kappa shape index (κ2) is 9.95. The molecule has 8 nitrogen and oxygen atoms in total. The van der Waals surface area contributed by atoms with Crippen molar-refractivity contribution >= 4 is 39.2 Å². The maximum absolute atomic E-state index is 12.5. The van der Waals surface area contributed by atoms with Gasteiger partial charge < -0.3 is 9.64 Å². The fourth-order valence-electron chi connectivity index (χ4n) is 3.76.